The molecule has 0 bridgehead atoms. The summed E-state index contributed by atoms with van der Waals surface area (Å²) in [5.74, 6) is 0. The van der Waals surface area contributed by atoms with Crippen LogP contribution in [-0.4, -0.2) is 4.99 Å². The van der Waals surface area contributed by atoms with E-state index in [1.54, 1.807) is 11.3 Å². The van der Waals surface area contributed by atoms with Gasteiger partial charge in [0.25, 0.3) is 0 Å². The van der Waals surface area contributed by atoms with E-state index in [1.807, 2.05) is 6.07 Å². The summed E-state index contributed by atoms with van der Waals surface area (Å²) in [6.07, 6.45) is 2.31. The molecule has 0 spiro atoms. The van der Waals surface area contributed by atoms with Gasteiger partial charge < -0.3 is 5.73 Å². The summed E-state index contributed by atoms with van der Waals surface area (Å²) in [7, 11) is 0. The summed E-state index contributed by atoms with van der Waals surface area (Å²) >= 11 is 6.55. The molecule has 2 N–H and O–H groups in total. The van der Waals surface area contributed by atoms with Gasteiger partial charge in [0.15, 0.2) is 0 Å². The summed E-state index contributed by atoms with van der Waals surface area (Å²) in [6.45, 7) is 2.17. The van der Waals surface area contributed by atoms with E-state index in [0.717, 1.165) is 11.3 Å². The van der Waals surface area contributed by atoms with Crippen molar-refractivity contribution in [1.29, 1.82) is 0 Å². The van der Waals surface area contributed by atoms with Gasteiger partial charge in [0.2, 0.25) is 0 Å². The molecule has 0 saturated carbocycles. The van der Waals surface area contributed by atoms with E-state index < -0.39 is 0 Å². The van der Waals surface area contributed by atoms with Crippen LogP contribution in [0.15, 0.2) is 12.1 Å². The van der Waals surface area contributed by atoms with Crippen molar-refractivity contribution in [2.45, 2.75) is 19.8 Å². The predicted molar refractivity (Wildman–Crippen MR) is 54.2 cm³/mol. The zero-order valence-electron chi connectivity index (χ0n) is 6.46. The largest absolute Gasteiger partial charge is 0.389 e. The topological polar surface area (TPSA) is 26.0 Å². The fourth-order valence-electron chi connectivity index (χ4n) is 0.891. The molecular weight excluding hydrogens is 174 g/mol. The Morgan fingerprint density at radius 2 is 2.36 bits per heavy atom. The van der Waals surface area contributed by atoms with Crippen molar-refractivity contribution in [2.75, 3.05) is 0 Å². The molecule has 0 aromatic carbocycles. The van der Waals surface area contributed by atoms with Crippen LogP contribution in [0.4, 0.5) is 0 Å². The van der Waals surface area contributed by atoms with Gasteiger partial charge >= 0.3 is 0 Å². The molecule has 0 aliphatic heterocycles. The summed E-state index contributed by atoms with van der Waals surface area (Å²) < 4.78 is 0. The smallest absolute Gasteiger partial charge is 0.114 e. The number of hydrogen-bond acceptors (Lipinski definition) is 2. The molecule has 0 atom stereocenters. The minimum Gasteiger partial charge on any atom is -0.389 e. The highest BCUT2D eigenvalue weighted by Crippen LogP contribution is 2.17. The third-order valence-corrected chi connectivity index (χ3v) is 2.93. The summed E-state index contributed by atoms with van der Waals surface area (Å²) in [6, 6.07) is 4.10. The summed E-state index contributed by atoms with van der Waals surface area (Å²) in [5.41, 5.74) is 5.47. The van der Waals surface area contributed by atoms with Crippen molar-refractivity contribution < 1.29 is 0 Å². The van der Waals surface area contributed by atoms with Crippen molar-refractivity contribution in [1.82, 2.24) is 0 Å². The van der Waals surface area contributed by atoms with E-state index >= 15 is 0 Å². The van der Waals surface area contributed by atoms with Gasteiger partial charge in [0.1, 0.15) is 4.99 Å². The number of thiophene rings is 1. The van der Waals surface area contributed by atoms with E-state index in [9.17, 15) is 0 Å². The molecular formula is C8H11NS2. The first-order chi connectivity index (χ1) is 5.24. The van der Waals surface area contributed by atoms with Crippen LogP contribution in [0.5, 0.6) is 0 Å². The van der Waals surface area contributed by atoms with Gasteiger partial charge in [0.05, 0.1) is 4.88 Å². The highest BCUT2D eigenvalue weighted by atomic mass is 32.1. The van der Waals surface area contributed by atoms with Crippen LogP contribution in [0, 0.1) is 0 Å². The second-order valence-corrected chi connectivity index (χ2v) is 3.99. The molecule has 1 heterocycles. The van der Waals surface area contributed by atoms with Gasteiger partial charge in [-0.1, -0.05) is 25.6 Å². The Morgan fingerprint density at radius 3 is 2.82 bits per heavy atom. The van der Waals surface area contributed by atoms with Crippen LogP contribution >= 0.6 is 23.6 Å². The second kappa shape index (κ2) is 3.83. The first-order valence-electron chi connectivity index (χ1n) is 3.62. The number of thiocarbonyl (C=S) groups is 1. The lowest BCUT2D eigenvalue weighted by Gasteiger charge is -1.89. The molecule has 11 heavy (non-hydrogen) atoms. The lowest BCUT2D eigenvalue weighted by atomic mass is 10.3. The lowest BCUT2D eigenvalue weighted by Crippen LogP contribution is -2.06. The van der Waals surface area contributed by atoms with Crippen LogP contribution in [0.1, 0.15) is 23.1 Å². The Balaban J connectivity index is 2.73. The normalized spacial score (nSPS) is 9.91. The number of nitrogens with two attached hydrogens (primary N) is 1. The SMILES string of the molecule is CCCc1ccc(C(N)=S)s1. The maximum atomic E-state index is 5.47. The highest BCUT2D eigenvalue weighted by molar-refractivity contribution is 7.81. The number of aryl methyl sites for hydroxylation is 1. The summed E-state index contributed by atoms with van der Waals surface area (Å²) in [5, 5.41) is 0. The molecule has 0 amide bonds. The van der Waals surface area contributed by atoms with Crippen molar-refractivity contribution in [3.63, 3.8) is 0 Å². The molecule has 1 nitrogen and oxygen atoms in total. The molecule has 1 rings (SSSR count). The van der Waals surface area contributed by atoms with Gasteiger partial charge in [-0.05, 0) is 18.6 Å². The van der Waals surface area contributed by atoms with Gasteiger partial charge in [-0.2, -0.15) is 0 Å². The molecule has 1 aromatic rings. The van der Waals surface area contributed by atoms with Crippen molar-refractivity contribution in [2.24, 2.45) is 5.73 Å². The average Bonchev–Trinajstić information content (AvgIpc) is 2.37. The molecule has 0 unspecified atom stereocenters. The lowest BCUT2D eigenvalue weighted by molar-refractivity contribution is 0.940. The maximum absolute atomic E-state index is 5.47. The fourth-order valence-corrected chi connectivity index (χ4v) is 2.05. The minimum absolute atomic E-state index is 0.511. The Labute approximate surface area is 76.2 Å². The third-order valence-electron chi connectivity index (χ3n) is 1.40. The third kappa shape index (κ3) is 2.27. The van der Waals surface area contributed by atoms with Crippen LogP contribution in [0.25, 0.3) is 0 Å². The standard InChI is InChI=1S/C8H11NS2/c1-2-3-6-4-5-7(11-6)8(9)10/h4-5H,2-3H2,1H3,(H2,9,10). The monoisotopic (exact) mass is 185 g/mol. The fraction of sp³-hybridized carbons (Fsp3) is 0.375. The molecule has 1 aromatic heterocycles. The number of hydrogen-bond donors (Lipinski definition) is 1. The van der Waals surface area contributed by atoms with Crippen molar-refractivity contribution in [3.8, 4) is 0 Å². The van der Waals surface area contributed by atoms with Crippen LogP contribution < -0.4 is 5.73 Å². The minimum atomic E-state index is 0.511. The van der Waals surface area contributed by atoms with E-state index in [1.165, 1.54) is 11.3 Å². The van der Waals surface area contributed by atoms with E-state index in [-0.39, 0.29) is 0 Å². The zero-order chi connectivity index (χ0) is 8.27. The maximum Gasteiger partial charge on any atom is 0.114 e. The van der Waals surface area contributed by atoms with Gasteiger partial charge in [-0.15, -0.1) is 11.3 Å². The number of rotatable bonds is 3. The van der Waals surface area contributed by atoms with E-state index in [2.05, 4.69) is 13.0 Å². The second-order valence-electron chi connectivity index (χ2n) is 2.38. The molecule has 0 fully saturated rings. The molecule has 0 aliphatic carbocycles. The first-order valence-corrected chi connectivity index (χ1v) is 4.85. The summed E-state index contributed by atoms with van der Waals surface area (Å²) in [4.78, 5) is 2.91. The van der Waals surface area contributed by atoms with E-state index in [4.69, 9.17) is 18.0 Å². The Bertz CT molecular complexity index is 252. The highest BCUT2D eigenvalue weighted by Gasteiger charge is 2.00. The van der Waals surface area contributed by atoms with Gasteiger partial charge in [-0.3, -0.25) is 0 Å². The molecule has 0 saturated heterocycles. The van der Waals surface area contributed by atoms with Crippen LogP contribution in [0.3, 0.4) is 0 Å². The van der Waals surface area contributed by atoms with Crippen molar-refractivity contribution >= 4 is 28.5 Å². The molecule has 3 heteroatoms. The quantitative estimate of drug-likeness (QED) is 0.731. The van der Waals surface area contributed by atoms with E-state index in [0.29, 0.717) is 4.99 Å². The first kappa shape index (κ1) is 8.68. The van der Waals surface area contributed by atoms with Crippen LogP contribution in [-0.2, 0) is 6.42 Å². The Hall–Kier alpha value is -0.410. The molecule has 60 valence electrons. The Morgan fingerprint density at radius 1 is 1.64 bits per heavy atom. The molecule has 0 aliphatic rings. The average molecular weight is 185 g/mol. The molecule has 0 radical (unpaired) electrons. The van der Waals surface area contributed by atoms with Gasteiger partial charge in [0, 0.05) is 4.88 Å². The van der Waals surface area contributed by atoms with Crippen molar-refractivity contribution in [3.05, 3.63) is 21.9 Å². The zero-order valence-corrected chi connectivity index (χ0v) is 8.10. The Kier molecular flexibility index (Phi) is 3.02. The predicted octanol–water partition coefficient (Wildman–Crippen LogP) is 2.33. The van der Waals surface area contributed by atoms with Crippen LogP contribution in [0.2, 0.25) is 0 Å². The van der Waals surface area contributed by atoms with Gasteiger partial charge in [-0.25, -0.2) is 0 Å².